The minimum absolute atomic E-state index is 0.152. The van der Waals surface area contributed by atoms with Gasteiger partial charge in [0, 0.05) is 23.5 Å². The molecule has 0 saturated carbocycles. The predicted octanol–water partition coefficient (Wildman–Crippen LogP) is 2.04. The van der Waals surface area contributed by atoms with Crippen molar-refractivity contribution in [2.75, 3.05) is 0 Å². The maximum atomic E-state index is 13.6. The highest BCUT2D eigenvalue weighted by Gasteiger charge is 2.27. The van der Waals surface area contributed by atoms with Crippen molar-refractivity contribution < 1.29 is 18.4 Å². The molecule has 138 valence electrons. The molecule has 0 aliphatic heterocycles. The van der Waals surface area contributed by atoms with Gasteiger partial charge in [-0.15, -0.1) is 0 Å². The Morgan fingerprint density at radius 3 is 2.63 bits per heavy atom. The summed E-state index contributed by atoms with van der Waals surface area (Å²) in [5.41, 5.74) is 6.95. The zero-order valence-corrected chi connectivity index (χ0v) is 14.1. The van der Waals surface area contributed by atoms with E-state index in [0.717, 1.165) is 29.8 Å². The van der Waals surface area contributed by atoms with E-state index in [1.807, 2.05) is 0 Å². The number of halogens is 2. The van der Waals surface area contributed by atoms with Crippen molar-refractivity contribution in [3.63, 3.8) is 0 Å². The molecule has 2 amide bonds. The molecule has 1 aliphatic carbocycles. The lowest BCUT2D eigenvalue weighted by molar-refractivity contribution is 0.0841. The van der Waals surface area contributed by atoms with E-state index in [2.05, 4.69) is 20.9 Å². The summed E-state index contributed by atoms with van der Waals surface area (Å²) in [4.78, 5) is 27.1. The molecule has 3 N–H and O–H groups in total. The fourth-order valence-electron chi connectivity index (χ4n) is 3.16. The highest BCUT2D eigenvalue weighted by molar-refractivity contribution is 5.98. The van der Waals surface area contributed by atoms with Crippen LogP contribution in [0.5, 0.6) is 0 Å². The number of rotatable bonds is 3. The molecule has 0 bridgehead atoms. The van der Waals surface area contributed by atoms with Gasteiger partial charge in [0.15, 0.2) is 17.3 Å². The van der Waals surface area contributed by atoms with E-state index >= 15 is 0 Å². The van der Waals surface area contributed by atoms with Gasteiger partial charge in [0.1, 0.15) is 5.69 Å². The number of hydrogen-bond donors (Lipinski definition) is 3. The lowest BCUT2D eigenvalue weighted by Gasteiger charge is -2.06. The molecule has 0 spiro atoms. The van der Waals surface area contributed by atoms with Crippen LogP contribution in [0.2, 0.25) is 0 Å². The van der Waals surface area contributed by atoms with Gasteiger partial charge in [-0.1, -0.05) is 0 Å². The van der Waals surface area contributed by atoms with Gasteiger partial charge < -0.3 is 4.98 Å². The zero-order chi connectivity index (χ0) is 19.0. The molecule has 1 aliphatic rings. The van der Waals surface area contributed by atoms with Crippen molar-refractivity contribution in [1.82, 2.24) is 25.6 Å². The first kappa shape index (κ1) is 17.0. The quantitative estimate of drug-likeness (QED) is 0.616. The highest BCUT2D eigenvalue weighted by atomic mass is 19.2. The molecular formula is C18H15F2N5O2. The summed E-state index contributed by atoms with van der Waals surface area (Å²) < 4.78 is 28.2. The first-order valence-electron chi connectivity index (χ1n) is 8.35. The van der Waals surface area contributed by atoms with Crippen molar-refractivity contribution in [3.05, 3.63) is 70.8 Å². The number of nitrogens with one attached hydrogen (secondary N) is 3. The number of nitrogens with zero attached hydrogens (tertiary/aromatic N) is 2. The zero-order valence-electron chi connectivity index (χ0n) is 14.1. The number of H-pyrrole nitrogens is 1. The second-order valence-electron chi connectivity index (χ2n) is 6.13. The minimum atomic E-state index is -0.987. The Labute approximate surface area is 152 Å². The second-order valence-corrected chi connectivity index (χ2v) is 6.13. The van der Waals surface area contributed by atoms with Gasteiger partial charge in [0.2, 0.25) is 0 Å². The minimum Gasteiger partial charge on any atom is -0.357 e. The van der Waals surface area contributed by atoms with Gasteiger partial charge >= 0.3 is 0 Å². The predicted molar refractivity (Wildman–Crippen MR) is 91.2 cm³/mol. The van der Waals surface area contributed by atoms with Gasteiger partial charge in [-0.2, -0.15) is 5.10 Å². The van der Waals surface area contributed by atoms with Crippen LogP contribution in [0.1, 0.15) is 38.7 Å². The van der Waals surface area contributed by atoms with Crippen LogP contribution in [0.3, 0.4) is 0 Å². The Bertz CT molecular complexity index is 1030. The molecule has 0 atom stereocenters. The maximum absolute atomic E-state index is 13.6. The summed E-state index contributed by atoms with van der Waals surface area (Å²) in [6, 6.07) is 6.68. The Hall–Kier alpha value is -3.49. The first-order valence-corrected chi connectivity index (χ1v) is 8.35. The second kappa shape index (κ2) is 6.67. The number of fused-ring (bicyclic) bond motifs is 1. The standard InChI is InChI=1S/C18H15F2N5O2/c19-12-7-6-10(9-13(12)20)25-15-5-1-3-11(15)16(24-25)18(27)23-22-17(26)14-4-2-8-21-14/h2,4,6-9,21H,1,3,5H2,(H,22,26)(H,23,27). The summed E-state index contributed by atoms with van der Waals surface area (Å²) in [6.07, 6.45) is 3.73. The molecular weight excluding hydrogens is 356 g/mol. The van der Waals surface area contributed by atoms with Crippen LogP contribution in [-0.4, -0.2) is 26.6 Å². The lowest BCUT2D eigenvalue weighted by atomic mass is 10.2. The van der Waals surface area contributed by atoms with Crippen LogP contribution in [0, 0.1) is 11.6 Å². The lowest BCUT2D eigenvalue weighted by Crippen LogP contribution is -2.42. The number of carbonyl (C=O) groups excluding carboxylic acids is 2. The SMILES string of the molecule is O=C(NNC(=O)c1nn(-c2ccc(F)c(F)c2)c2c1CCC2)c1ccc[nH]1. The smallest absolute Gasteiger partial charge is 0.290 e. The molecule has 2 heterocycles. The van der Waals surface area contributed by atoms with E-state index in [9.17, 15) is 18.4 Å². The van der Waals surface area contributed by atoms with Crippen LogP contribution in [-0.2, 0) is 12.8 Å². The molecule has 9 heteroatoms. The molecule has 0 saturated heterocycles. The third-order valence-electron chi connectivity index (χ3n) is 4.43. The van der Waals surface area contributed by atoms with Crippen LogP contribution in [0.15, 0.2) is 36.5 Å². The molecule has 27 heavy (non-hydrogen) atoms. The van der Waals surface area contributed by atoms with Crippen molar-refractivity contribution in [1.29, 1.82) is 0 Å². The van der Waals surface area contributed by atoms with Crippen molar-refractivity contribution >= 4 is 11.8 Å². The molecule has 4 rings (SSSR count). The van der Waals surface area contributed by atoms with Gasteiger partial charge in [-0.05, 0) is 43.5 Å². The fourth-order valence-corrected chi connectivity index (χ4v) is 3.16. The number of carbonyl (C=O) groups is 2. The highest BCUT2D eigenvalue weighted by Crippen LogP contribution is 2.28. The Balaban J connectivity index is 1.59. The number of aromatic nitrogens is 3. The Morgan fingerprint density at radius 2 is 1.89 bits per heavy atom. The summed E-state index contributed by atoms with van der Waals surface area (Å²) in [5.74, 6) is -3.01. The van der Waals surface area contributed by atoms with Crippen LogP contribution < -0.4 is 10.9 Å². The number of aromatic amines is 1. The van der Waals surface area contributed by atoms with E-state index in [-0.39, 0.29) is 5.69 Å². The van der Waals surface area contributed by atoms with Crippen molar-refractivity contribution in [3.8, 4) is 5.69 Å². The third-order valence-corrected chi connectivity index (χ3v) is 4.43. The molecule has 7 nitrogen and oxygen atoms in total. The summed E-state index contributed by atoms with van der Waals surface area (Å²) in [7, 11) is 0. The number of benzene rings is 1. The number of hydrogen-bond acceptors (Lipinski definition) is 3. The van der Waals surface area contributed by atoms with E-state index in [4.69, 9.17) is 0 Å². The van der Waals surface area contributed by atoms with Gasteiger partial charge in [0.25, 0.3) is 11.8 Å². The summed E-state index contributed by atoms with van der Waals surface area (Å²) in [5, 5.41) is 4.27. The molecule has 0 radical (unpaired) electrons. The first-order chi connectivity index (χ1) is 13.0. The van der Waals surface area contributed by atoms with E-state index in [1.54, 1.807) is 18.3 Å². The van der Waals surface area contributed by atoms with Gasteiger partial charge in [-0.25, -0.2) is 13.5 Å². The molecule has 0 fully saturated rings. The summed E-state index contributed by atoms with van der Waals surface area (Å²) in [6.45, 7) is 0. The molecule has 0 unspecified atom stereocenters. The van der Waals surface area contributed by atoms with Crippen molar-refractivity contribution in [2.24, 2.45) is 0 Å². The Kier molecular flexibility index (Phi) is 4.19. The van der Waals surface area contributed by atoms with Crippen LogP contribution in [0.4, 0.5) is 8.78 Å². The Morgan fingerprint density at radius 1 is 1.07 bits per heavy atom. The maximum Gasteiger partial charge on any atom is 0.290 e. The molecule has 3 aromatic rings. The molecule has 1 aromatic carbocycles. The average Bonchev–Trinajstić information content (AvgIpc) is 3.39. The largest absolute Gasteiger partial charge is 0.357 e. The van der Waals surface area contributed by atoms with Gasteiger partial charge in [0.05, 0.1) is 5.69 Å². The fraction of sp³-hybridized carbons (Fsp3) is 0.167. The van der Waals surface area contributed by atoms with E-state index in [0.29, 0.717) is 24.2 Å². The average molecular weight is 371 g/mol. The third kappa shape index (κ3) is 3.07. The number of hydrazine groups is 1. The van der Waals surface area contributed by atoms with Gasteiger partial charge in [-0.3, -0.25) is 20.4 Å². The van der Waals surface area contributed by atoms with Crippen LogP contribution in [0.25, 0.3) is 5.69 Å². The van der Waals surface area contributed by atoms with E-state index < -0.39 is 23.4 Å². The normalized spacial score (nSPS) is 12.7. The molecule has 2 aromatic heterocycles. The van der Waals surface area contributed by atoms with E-state index in [1.165, 1.54) is 10.7 Å². The van der Waals surface area contributed by atoms with Crippen LogP contribution >= 0.6 is 0 Å². The summed E-state index contributed by atoms with van der Waals surface area (Å²) >= 11 is 0. The topological polar surface area (TPSA) is 91.8 Å². The van der Waals surface area contributed by atoms with Crippen molar-refractivity contribution in [2.45, 2.75) is 19.3 Å². The number of amides is 2. The monoisotopic (exact) mass is 371 g/mol.